The lowest BCUT2D eigenvalue weighted by molar-refractivity contribution is -0.118. The highest BCUT2D eigenvalue weighted by atomic mass is 35.5. The number of amides is 1. The predicted molar refractivity (Wildman–Crippen MR) is 58.2 cm³/mol. The van der Waals surface area contributed by atoms with E-state index in [1.165, 1.54) is 0 Å². The molecule has 3 N–H and O–H groups in total. The van der Waals surface area contributed by atoms with Crippen molar-refractivity contribution >= 4 is 23.2 Å². The van der Waals surface area contributed by atoms with Gasteiger partial charge in [-0.15, -0.1) is 11.6 Å². The minimum Gasteiger partial charge on any atom is -0.482 e. The molecule has 0 spiro atoms. The van der Waals surface area contributed by atoms with Crippen molar-refractivity contribution in [3.05, 3.63) is 23.8 Å². The van der Waals surface area contributed by atoms with Gasteiger partial charge in [0, 0.05) is 11.9 Å². The lowest BCUT2D eigenvalue weighted by Gasteiger charge is -2.19. The third kappa shape index (κ3) is 2.06. The van der Waals surface area contributed by atoms with Crippen LogP contribution in [0.4, 0.5) is 5.69 Å². The number of nitrogens with one attached hydrogen (secondary N) is 1. The Kier molecular flexibility index (Phi) is 2.79. The Morgan fingerprint density at radius 3 is 3.13 bits per heavy atom. The molecule has 1 heterocycles. The maximum Gasteiger partial charge on any atom is 0.262 e. The quantitative estimate of drug-likeness (QED) is 0.747. The number of fused-ring (bicyclic) bond motifs is 1. The molecule has 1 aliphatic rings. The van der Waals surface area contributed by atoms with E-state index in [2.05, 4.69) is 5.32 Å². The van der Waals surface area contributed by atoms with Crippen molar-refractivity contribution in [2.24, 2.45) is 5.73 Å². The lowest BCUT2D eigenvalue weighted by Crippen LogP contribution is -2.25. The Bertz CT molecular complexity index is 395. The number of hydrogen-bond acceptors (Lipinski definition) is 3. The molecule has 2 rings (SSSR count). The summed E-state index contributed by atoms with van der Waals surface area (Å²) in [5.41, 5.74) is 7.32. The first kappa shape index (κ1) is 10.3. The van der Waals surface area contributed by atoms with E-state index in [-0.39, 0.29) is 18.6 Å². The molecule has 1 amide bonds. The SMILES string of the molecule is NC(CCl)c1ccc2c(c1)NC(=O)CO2. The number of halogens is 1. The van der Waals surface area contributed by atoms with Crippen molar-refractivity contribution in [3.8, 4) is 5.75 Å². The van der Waals surface area contributed by atoms with E-state index in [9.17, 15) is 4.79 Å². The lowest BCUT2D eigenvalue weighted by atomic mass is 10.1. The molecule has 80 valence electrons. The van der Waals surface area contributed by atoms with Crippen molar-refractivity contribution in [3.63, 3.8) is 0 Å². The number of ether oxygens (including phenoxy) is 1. The molecule has 4 nitrogen and oxygen atoms in total. The predicted octanol–water partition coefficient (Wildman–Crippen LogP) is 1.26. The van der Waals surface area contributed by atoms with Gasteiger partial charge in [-0.2, -0.15) is 0 Å². The number of anilines is 1. The van der Waals surface area contributed by atoms with Crippen LogP contribution >= 0.6 is 11.6 Å². The maximum absolute atomic E-state index is 11.1. The molecule has 0 bridgehead atoms. The zero-order valence-electron chi connectivity index (χ0n) is 8.00. The van der Waals surface area contributed by atoms with E-state index in [0.717, 1.165) is 5.56 Å². The minimum atomic E-state index is -0.226. The summed E-state index contributed by atoms with van der Waals surface area (Å²) in [6, 6.07) is 5.20. The topological polar surface area (TPSA) is 64.3 Å². The van der Waals surface area contributed by atoms with E-state index < -0.39 is 0 Å². The number of carbonyl (C=O) groups is 1. The molecule has 1 aromatic rings. The first-order valence-electron chi connectivity index (χ1n) is 4.59. The number of alkyl halides is 1. The number of hydrogen-bond donors (Lipinski definition) is 2. The molecule has 0 saturated heterocycles. The Morgan fingerprint density at radius 2 is 2.40 bits per heavy atom. The third-order valence-corrected chi connectivity index (χ3v) is 2.56. The van der Waals surface area contributed by atoms with Gasteiger partial charge in [-0.1, -0.05) is 6.07 Å². The second kappa shape index (κ2) is 4.08. The van der Waals surface area contributed by atoms with Gasteiger partial charge >= 0.3 is 0 Å². The number of nitrogens with two attached hydrogens (primary N) is 1. The van der Waals surface area contributed by atoms with E-state index in [0.29, 0.717) is 17.3 Å². The van der Waals surface area contributed by atoms with Crippen molar-refractivity contribution in [2.45, 2.75) is 6.04 Å². The van der Waals surface area contributed by atoms with Crippen LogP contribution in [0, 0.1) is 0 Å². The van der Waals surface area contributed by atoms with Crippen molar-refractivity contribution in [1.82, 2.24) is 0 Å². The first-order valence-corrected chi connectivity index (χ1v) is 5.12. The van der Waals surface area contributed by atoms with Crippen LogP contribution in [0.3, 0.4) is 0 Å². The van der Waals surface area contributed by atoms with Crippen molar-refractivity contribution in [2.75, 3.05) is 17.8 Å². The summed E-state index contributed by atoms with van der Waals surface area (Å²) in [6.45, 7) is 0.0634. The van der Waals surface area contributed by atoms with Gasteiger partial charge in [-0.3, -0.25) is 4.79 Å². The fourth-order valence-electron chi connectivity index (χ4n) is 1.42. The minimum absolute atomic E-state index is 0.0634. The molecule has 5 heteroatoms. The highest BCUT2D eigenvalue weighted by Gasteiger charge is 2.17. The second-order valence-electron chi connectivity index (χ2n) is 3.35. The van der Waals surface area contributed by atoms with Crippen LogP contribution in [-0.4, -0.2) is 18.4 Å². The van der Waals surface area contributed by atoms with E-state index in [1.807, 2.05) is 6.07 Å². The summed E-state index contributed by atoms with van der Waals surface area (Å²) in [4.78, 5) is 11.1. The van der Waals surface area contributed by atoms with Crippen LogP contribution in [0.25, 0.3) is 0 Å². The van der Waals surface area contributed by atoms with Gasteiger partial charge in [0.05, 0.1) is 5.69 Å². The molecule has 1 aliphatic heterocycles. The molecule has 0 saturated carbocycles. The van der Waals surface area contributed by atoms with E-state index in [4.69, 9.17) is 22.1 Å². The summed E-state index contributed by atoms with van der Waals surface area (Å²) < 4.78 is 5.22. The summed E-state index contributed by atoms with van der Waals surface area (Å²) >= 11 is 5.65. The highest BCUT2D eigenvalue weighted by Crippen LogP contribution is 2.30. The second-order valence-corrected chi connectivity index (χ2v) is 3.66. The van der Waals surface area contributed by atoms with Gasteiger partial charge in [0.25, 0.3) is 5.91 Å². The van der Waals surface area contributed by atoms with E-state index >= 15 is 0 Å². The smallest absolute Gasteiger partial charge is 0.262 e. The largest absolute Gasteiger partial charge is 0.482 e. The summed E-state index contributed by atoms with van der Waals surface area (Å²) in [5, 5.41) is 2.72. The standard InChI is InChI=1S/C10H11ClN2O2/c11-4-7(12)6-1-2-9-8(3-6)13-10(14)5-15-9/h1-3,7H,4-5,12H2,(H,13,14). The summed E-state index contributed by atoms with van der Waals surface area (Å²) in [6.07, 6.45) is 0. The van der Waals surface area contributed by atoms with E-state index in [1.54, 1.807) is 12.1 Å². The fraction of sp³-hybridized carbons (Fsp3) is 0.300. The molecular weight excluding hydrogens is 216 g/mol. The average Bonchev–Trinajstić information content (AvgIpc) is 2.27. The molecule has 15 heavy (non-hydrogen) atoms. The van der Waals surface area contributed by atoms with Crippen LogP contribution < -0.4 is 15.8 Å². The Hall–Kier alpha value is -1.26. The summed E-state index contributed by atoms with van der Waals surface area (Å²) in [5.74, 6) is 0.854. The van der Waals surface area contributed by atoms with Gasteiger partial charge in [-0.05, 0) is 17.7 Å². The fourth-order valence-corrected chi connectivity index (χ4v) is 1.60. The molecule has 0 aromatic heterocycles. The van der Waals surface area contributed by atoms with Gasteiger partial charge < -0.3 is 15.8 Å². The Balaban J connectivity index is 2.32. The molecule has 0 fully saturated rings. The van der Waals surface area contributed by atoms with Crippen molar-refractivity contribution < 1.29 is 9.53 Å². The normalized spacial score (nSPS) is 16.3. The van der Waals surface area contributed by atoms with Crippen LogP contribution in [0.2, 0.25) is 0 Å². The Labute approximate surface area is 92.4 Å². The average molecular weight is 227 g/mol. The van der Waals surface area contributed by atoms with Crippen molar-refractivity contribution in [1.29, 1.82) is 0 Å². The van der Waals surface area contributed by atoms with Crippen LogP contribution in [-0.2, 0) is 4.79 Å². The van der Waals surface area contributed by atoms with Gasteiger partial charge in [0.1, 0.15) is 5.75 Å². The molecule has 0 aliphatic carbocycles. The van der Waals surface area contributed by atoms with Gasteiger partial charge in [0.2, 0.25) is 0 Å². The molecule has 1 atom stereocenters. The number of benzene rings is 1. The number of rotatable bonds is 2. The van der Waals surface area contributed by atoms with Gasteiger partial charge in [0.15, 0.2) is 6.61 Å². The number of carbonyl (C=O) groups excluding carboxylic acids is 1. The van der Waals surface area contributed by atoms with Crippen LogP contribution in [0.5, 0.6) is 5.75 Å². The molecule has 0 radical (unpaired) electrons. The molecule has 1 aromatic carbocycles. The van der Waals surface area contributed by atoms with Crippen LogP contribution in [0.1, 0.15) is 11.6 Å². The van der Waals surface area contributed by atoms with Gasteiger partial charge in [-0.25, -0.2) is 0 Å². The molecule has 1 unspecified atom stereocenters. The monoisotopic (exact) mass is 226 g/mol. The zero-order chi connectivity index (χ0) is 10.8. The van der Waals surface area contributed by atoms with Crippen LogP contribution in [0.15, 0.2) is 18.2 Å². The molecular formula is C10H11ClN2O2. The Morgan fingerprint density at radius 1 is 1.60 bits per heavy atom. The first-order chi connectivity index (χ1) is 7.20. The maximum atomic E-state index is 11.1. The highest BCUT2D eigenvalue weighted by molar-refractivity contribution is 6.18. The zero-order valence-corrected chi connectivity index (χ0v) is 8.75. The summed E-state index contributed by atoms with van der Waals surface area (Å²) in [7, 11) is 0. The third-order valence-electron chi connectivity index (χ3n) is 2.23.